The van der Waals surface area contributed by atoms with Gasteiger partial charge in [0.05, 0.1) is 23.3 Å². The Morgan fingerprint density at radius 3 is 1.63 bits per heavy atom. The standard InChI is InChI=1S/C17H14N2/c1-2-15(16-9-5-3-7-13(16)11-18)17-10-6-4-8-14(17)12-19/h3-10,15H,2H2,1H3. The summed E-state index contributed by atoms with van der Waals surface area (Å²) in [7, 11) is 0. The molecule has 0 aliphatic rings. The molecule has 2 nitrogen and oxygen atoms in total. The van der Waals surface area contributed by atoms with Crippen LogP contribution in [0.4, 0.5) is 0 Å². The molecule has 19 heavy (non-hydrogen) atoms. The molecule has 0 bridgehead atoms. The molecule has 92 valence electrons. The number of hydrogen-bond donors (Lipinski definition) is 0. The second-order valence-electron chi connectivity index (χ2n) is 4.36. The fraction of sp³-hybridized carbons (Fsp3) is 0.176. The van der Waals surface area contributed by atoms with Crippen molar-refractivity contribution >= 4 is 0 Å². The van der Waals surface area contributed by atoms with Gasteiger partial charge in [-0.25, -0.2) is 0 Å². The first-order valence-corrected chi connectivity index (χ1v) is 6.29. The van der Waals surface area contributed by atoms with Crippen molar-refractivity contribution in [1.29, 1.82) is 10.5 Å². The Hall–Kier alpha value is -2.58. The van der Waals surface area contributed by atoms with Crippen molar-refractivity contribution in [2.24, 2.45) is 0 Å². The lowest BCUT2D eigenvalue weighted by Crippen LogP contribution is -2.04. The molecule has 0 aliphatic carbocycles. The van der Waals surface area contributed by atoms with E-state index in [-0.39, 0.29) is 5.92 Å². The summed E-state index contributed by atoms with van der Waals surface area (Å²) in [6, 6.07) is 19.7. The highest BCUT2D eigenvalue weighted by molar-refractivity contribution is 5.48. The van der Waals surface area contributed by atoms with E-state index >= 15 is 0 Å². The minimum Gasteiger partial charge on any atom is -0.192 e. The van der Waals surface area contributed by atoms with E-state index in [9.17, 15) is 10.5 Å². The van der Waals surface area contributed by atoms with Crippen LogP contribution >= 0.6 is 0 Å². The third-order valence-corrected chi connectivity index (χ3v) is 3.32. The molecular weight excluding hydrogens is 232 g/mol. The summed E-state index contributed by atoms with van der Waals surface area (Å²) in [5, 5.41) is 18.4. The quantitative estimate of drug-likeness (QED) is 0.822. The zero-order valence-electron chi connectivity index (χ0n) is 10.8. The van der Waals surface area contributed by atoms with Gasteiger partial charge in [0.25, 0.3) is 0 Å². The minimum atomic E-state index is 0.0895. The normalized spacial score (nSPS) is 9.89. The molecule has 2 heteroatoms. The minimum absolute atomic E-state index is 0.0895. The van der Waals surface area contributed by atoms with Crippen LogP contribution in [-0.2, 0) is 0 Å². The van der Waals surface area contributed by atoms with E-state index < -0.39 is 0 Å². The van der Waals surface area contributed by atoms with Crippen LogP contribution in [0.25, 0.3) is 0 Å². The third kappa shape index (κ3) is 2.49. The molecular formula is C17H14N2. The predicted molar refractivity (Wildman–Crippen MR) is 74.4 cm³/mol. The average Bonchev–Trinajstić information content (AvgIpc) is 2.49. The number of nitriles is 2. The van der Waals surface area contributed by atoms with Crippen molar-refractivity contribution in [2.75, 3.05) is 0 Å². The maximum atomic E-state index is 9.22. The smallest absolute Gasteiger partial charge is 0.0994 e. The van der Waals surface area contributed by atoms with Gasteiger partial charge in [-0.15, -0.1) is 0 Å². The fourth-order valence-corrected chi connectivity index (χ4v) is 2.41. The predicted octanol–water partition coefficient (Wildman–Crippen LogP) is 3.97. The van der Waals surface area contributed by atoms with Gasteiger partial charge < -0.3 is 0 Å². The van der Waals surface area contributed by atoms with Crippen LogP contribution in [0.2, 0.25) is 0 Å². The van der Waals surface area contributed by atoms with E-state index in [0.29, 0.717) is 11.1 Å². The fourth-order valence-electron chi connectivity index (χ4n) is 2.41. The van der Waals surface area contributed by atoms with Crippen molar-refractivity contribution < 1.29 is 0 Å². The van der Waals surface area contributed by atoms with Crippen LogP contribution < -0.4 is 0 Å². The van der Waals surface area contributed by atoms with Crippen LogP contribution in [0.15, 0.2) is 48.5 Å². The van der Waals surface area contributed by atoms with Gasteiger partial charge in [0.1, 0.15) is 0 Å². The topological polar surface area (TPSA) is 47.6 Å². The number of benzene rings is 2. The van der Waals surface area contributed by atoms with Crippen molar-refractivity contribution in [1.82, 2.24) is 0 Å². The van der Waals surface area contributed by atoms with Gasteiger partial charge in [0.15, 0.2) is 0 Å². The van der Waals surface area contributed by atoms with Gasteiger partial charge in [0.2, 0.25) is 0 Å². The van der Waals surface area contributed by atoms with Crippen LogP contribution in [0.3, 0.4) is 0 Å². The second kappa shape index (κ2) is 5.85. The highest BCUT2D eigenvalue weighted by Gasteiger charge is 2.18. The molecule has 0 amide bonds. The lowest BCUT2D eigenvalue weighted by Gasteiger charge is -2.18. The average molecular weight is 246 g/mol. The number of rotatable bonds is 3. The maximum Gasteiger partial charge on any atom is 0.0994 e. The molecule has 0 fully saturated rings. The first-order chi connectivity index (χ1) is 9.31. The molecule has 2 aromatic rings. The van der Waals surface area contributed by atoms with Crippen LogP contribution in [0.5, 0.6) is 0 Å². The maximum absolute atomic E-state index is 9.22. The molecule has 2 rings (SSSR count). The van der Waals surface area contributed by atoms with Crippen LogP contribution in [-0.4, -0.2) is 0 Å². The monoisotopic (exact) mass is 246 g/mol. The summed E-state index contributed by atoms with van der Waals surface area (Å²) >= 11 is 0. The Bertz CT molecular complexity index is 602. The second-order valence-corrected chi connectivity index (χ2v) is 4.36. The summed E-state index contributed by atoms with van der Waals surface area (Å²) < 4.78 is 0. The highest BCUT2D eigenvalue weighted by atomic mass is 14.3. The first kappa shape index (κ1) is 12.9. The van der Waals surface area contributed by atoms with Gasteiger partial charge in [-0.3, -0.25) is 0 Å². The van der Waals surface area contributed by atoms with E-state index in [4.69, 9.17) is 0 Å². The van der Waals surface area contributed by atoms with Gasteiger partial charge in [-0.2, -0.15) is 10.5 Å². The molecule has 0 saturated heterocycles. The molecule has 0 heterocycles. The molecule has 0 unspecified atom stereocenters. The summed E-state index contributed by atoms with van der Waals surface area (Å²) in [5.41, 5.74) is 3.36. The largest absolute Gasteiger partial charge is 0.192 e. The Morgan fingerprint density at radius 2 is 1.26 bits per heavy atom. The Balaban J connectivity index is 2.58. The van der Waals surface area contributed by atoms with E-state index in [1.165, 1.54) is 0 Å². The SMILES string of the molecule is CCC(c1ccccc1C#N)c1ccccc1C#N. The van der Waals surface area contributed by atoms with Crippen LogP contribution in [0.1, 0.15) is 41.5 Å². The molecule has 0 saturated carbocycles. The molecule has 0 aromatic heterocycles. The van der Waals surface area contributed by atoms with E-state index in [2.05, 4.69) is 19.1 Å². The lowest BCUT2D eigenvalue weighted by atomic mass is 9.84. The molecule has 0 N–H and O–H groups in total. The van der Waals surface area contributed by atoms with Gasteiger partial charge >= 0.3 is 0 Å². The Labute approximate surface area is 113 Å². The first-order valence-electron chi connectivity index (χ1n) is 6.29. The summed E-state index contributed by atoms with van der Waals surface area (Å²) in [4.78, 5) is 0. The highest BCUT2D eigenvalue weighted by Crippen LogP contribution is 2.31. The van der Waals surface area contributed by atoms with E-state index in [0.717, 1.165) is 17.5 Å². The summed E-state index contributed by atoms with van der Waals surface area (Å²) in [6.07, 6.45) is 0.859. The van der Waals surface area contributed by atoms with Crippen LogP contribution in [0, 0.1) is 22.7 Å². The lowest BCUT2D eigenvalue weighted by molar-refractivity contribution is 0.772. The van der Waals surface area contributed by atoms with Crippen molar-refractivity contribution in [3.05, 3.63) is 70.8 Å². The van der Waals surface area contributed by atoms with Crippen molar-refractivity contribution in [2.45, 2.75) is 19.3 Å². The molecule has 0 aliphatic heterocycles. The van der Waals surface area contributed by atoms with Gasteiger partial charge in [0, 0.05) is 5.92 Å². The van der Waals surface area contributed by atoms with Gasteiger partial charge in [-0.05, 0) is 29.7 Å². The third-order valence-electron chi connectivity index (χ3n) is 3.32. The number of nitrogens with zero attached hydrogens (tertiary/aromatic N) is 2. The zero-order valence-corrected chi connectivity index (χ0v) is 10.8. The molecule has 0 atom stereocenters. The Kier molecular flexibility index (Phi) is 3.96. The zero-order chi connectivity index (χ0) is 13.7. The molecule has 2 aromatic carbocycles. The molecule has 0 radical (unpaired) electrons. The molecule has 0 spiro atoms. The van der Waals surface area contributed by atoms with E-state index in [1.807, 2.05) is 48.5 Å². The van der Waals surface area contributed by atoms with Gasteiger partial charge in [-0.1, -0.05) is 43.3 Å². The van der Waals surface area contributed by atoms with Crippen molar-refractivity contribution in [3.8, 4) is 12.1 Å². The van der Waals surface area contributed by atoms with Crippen molar-refractivity contribution in [3.63, 3.8) is 0 Å². The summed E-state index contributed by atoms with van der Waals surface area (Å²) in [5.74, 6) is 0.0895. The van der Waals surface area contributed by atoms with E-state index in [1.54, 1.807) is 0 Å². The Morgan fingerprint density at radius 1 is 0.842 bits per heavy atom. The summed E-state index contributed by atoms with van der Waals surface area (Å²) in [6.45, 7) is 2.08. The number of hydrogen-bond acceptors (Lipinski definition) is 2.